The van der Waals surface area contributed by atoms with Crippen LogP contribution in [-0.2, 0) is 30.8 Å². The van der Waals surface area contributed by atoms with E-state index in [1.807, 2.05) is 12.1 Å². The van der Waals surface area contributed by atoms with Crippen molar-refractivity contribution in [1.82, 2.24) is 4.31 Å². The van der Waals surface area contributed by atoms with Crippen LogP contribution >= 0.6 is 11.6 Å². The van der Waals surface area contributed by atoms with E-state index in [4.69, 9.17) is 35.7 Å². The minimum absolute atomic E-state index is 0.0651. The van der Waals surface area contributed by atoms with E-state index < -0.39 is 40.7 Å². The second-order valence-electron chi connectivity index (χ2n) is 9.97. The number of benzene rings is 3. The maximum atomic E-state index is 13.7. The van der Waals surface area contributed by atoms with E-state index in [-0.39, 0.29) is 16.5 Å². The summed E-state index contributed by atoms with van der Waals surface area (Å²) in [6.45, 7) is -0.376. The Balaban J connectivity index is 1.61. The number of esters is 1. The second kappa shape index (κ2) is 14.6. The van der Waals surface area contributed by atoms with Gasteiger partial charge in [0.15, 0.2) is 18.1 Å². The monoisotopic (exact) mass is 631 g/mol. The summed E-state index contributed by atoms with van der Waals surface area (Å²) < 4.78 is 50.6. The summed E-state index contributed by atoms with van der Waals surface area (Å²) >= 11 is 6.23. The lowest BCUT2D eigenvalue weighted by atomic mass is 10.00. The molecule has 1 aliphatic rings. The van der Waals surface area contributed by atoms with Crippen molar-refractivity contribution in [3.8, 4) is 17.2 Å². The highest BCUT2D eigenvalue weighted by Gasteiger charge is 2.40. The van der Waals surface area contributed by atoms with E-state index in [1.165, 1.54) is 16.4 Å². The van der Waals surface area contributed by atoms with Crippen LogP contribution in [0.1, 0.15) is 42.9 Å². The van der Waals surface area contributed by atoms with Gasteiger partial charge in [-0.05, 0) is 79.6 Å². The van der Waals surface area contributed by atoms with Gasteiger partial charge in [0.05, 0.1) is 19.2 Å². The van der Waals surface area contributed by atoms with Crippen molar-refractivity contribution in [2.75, 3.05) is 27.4 Å². The summed E-state index contributed by atoms with van der Waals surface area (Å²) in [5.41, 5.74) is 1.48. The fourth-order valence-corrected chi connectivity index (χ4v) is 7.15. The van der Waals surface area contributed by atoms with Crippen molar-refractivity contribution >= 4 is 33.6 Å². The number of aliphatic carboxylic acids is 1. The Morgan fingerprint density at radius 1 is 1.00 bits per heavy atom. The van der Waals surface area contributed by atoms with Crippen LogP contribution < -0.4 is 14.2 Å². The number of rotatable bonds is 13. The van der Waals surface area contributed by atoms with Gasteiger partial charge in [-0.1, -0.05) is 41.9 Å². The Hall–Kier alpha value is -3.80. The molecule has 0 bridgehead atoms. The van der Waals surface area contributed by atoms with E-state index in [2.05, 4.69) is 0 Å². The largest absolute Gasteiger partial charge is 0.493 e. The number of hydrogen-bond donors (Lipinski definition) is 1. The Labute approximate surface area is 256 Å². The zero-order chi connectivity index (χ0) is 31.0. The maximum absolute atomic E-state index is 13.7. The van der Waals surface area contributed by atoms with Crippen LogP contribution in [0.3, 0.4) is 0 Å². The van der Waals surface area contributed by atoms with Crippen molar-refractivity contribution in [3.05, 3.63) is 82.9 Å². The van der Waals surface area contributed by atoms with Crippen molar-refractivity contribution < 1.29 is 42.1 Å². The molecular formula is C31H34ClNO9S. The summed E-state index contributed by atoms with van der Waals surface area (Å²) in [5, 5.41) is 9.10. The molecule has 0 amide bonds. The number of carboxylic acids is 1. The zero-order valence-corrected chi connectivity index (χ0v) is 25.5. The van der Waals surface area contributed by atoms with Crippen LogP contribution in [0.5, 0.6) is 17.2 Å². The lowest BCUT2D eigenvalue weighted by molar-refractivity contribution is -0.155. The summed E-state index contributed by atoms with van der Waals surface area (Å²) in [6.07, 6.45) is 1.58. The fourth-order valence-electron chi connectivity index (χ4n) is 5.00. The number of carbonyl (C=O) groups is 2. The maximum Gasteiger partial charge on any atom is 0.341 e. The summed E-state index contributed by atoms with van der Waals surface area (Å²) in [4.78, 5) is 24.7. The molecule has 3 aromatic rings. The van der Waals surface area contributed by atoms with Gasteiger partial charge >= 0.3 is 11.9 Å². The van der Waals surface area contributed by atoms with Gasteiger partial charge in [-0.3, -0.25) is 4.79 Å². The lowest BCUT2D eigenvalue weighted by Crippen LogP contribution is -2.48. The predicted octanol–water partition coefficient (Wildman–Crippen LogP) is 5.28. The first kappa shape index (κ1) is 32.1. The average Bonchev–Trinajstić information content (AvgIpc) is 3.02. The smallest absolute Gasteiger partial charge is 0.341 e. The van der Waals surface area contributed by atoms with Crippen LogP contribution in [0.2, 0.25) is 5.02 Å². The number of methoxy groups -OCH3 is 2. The molecule has 0 radical (unpaired) electrons. The first-order valence-electron chi connectivity index (χ1n) is 13.8. The van der Waals surface area contributed by atoms with E-state index in [9.17, 15) is 18.0 Å². The van der Waals surface area contributed by atoms with Gasteiger partial charge in [-0.2, -0.15) is 4.31 Å². The molecule has 0 saturated carbocycles. The van der Waals surface area contributed by atoms with Gasteiger partial charge in [-0.15, -0.1) is 0 Å². The number of carbonyl (C=O) groups excluding carboxylic acids is 1. The van der Waals surface area contributed by atoms with Crippen LogP contribution in [0.25, 0.3) is 0 Å². The predicted molar refractivity (Wildman–Crippen MR) is 159 cm³/mol. The van der Waals surface area contributed by atoms with Gasteiger partial charge < -0.3 is 24.1 Å². The van der Waals surface area contributed by atoms with Gasteiger partial charge in [0.2, 0.25) is 10.0 Å². The number of hydrogen-bond acceptors (Lipinski definition) is 8. The van der Waals surface area contributed by atoms with Crippen LogP contribution in [-0.4, -0.2) is 63.2 Å². The third-order valence-electron chi connectivity index (χ3n) is 7.14. The molecule has 1 unspecified atom stereocenters. The van der Waals surface area contributed by atoms with E-state index in [1.54, 1.807) is 56.7 Å². The molecule has 43 heavy (non-hydrogen) atoms. The number of carboxylic acid groups (broad SMARTS) is 1. The first-order valence-corrected chi connectivity index (χ1v) is 15.6. The molecule has 1 saturated heterocycles. The number of aryl methyl sites for hydroxylation is 1. The molecule has 0 aromatic heterocycles. The van der Waals surface area contributed by atoms with Crippen molar-refractivity contribution in [2.45, 2.75) is 49.1 Å². The Kier molecular flexibility index (Phi) is 10.9. The highest BCUT2D eigenvalue weighted by Crippen LogP contribution is 2.34. The van der Waals surface area contributed by atoms with Gasteiger partial charge in [0.25, 0.3) is 0 Å². The molecule has 0 spiro atoms. The van der Waals surface area contributed by atoms with Crippen molar-refractivity contribution in [3.63, 3.8) is 0 Å². The normalized spacial score (nSPS) is 16.2. The Morgan fingerprint density at radius 3 is 2.49 bits per heavy atom. The summed E-state index contributed by atoms with van der Waals surface area (Å²) in [5.74, 6) is -0.369. The topological polar surface area (TPSA) is 129 Å². The minimum atomic E-state index is -4.08. The molecule has 1 aliphatic heterocycles. The quantitative estimate of drug-likeness (QED) is 0.251. The second-order valence-corrected chi connectivity index (χ2v) is 12.2. The molecular weight excluding hydrogens is 598 g/mol. The molecule has 12 heteroatoms. The SMILES string of the molecule is COc1ccc(CC[C@@H](OC(=O)C2CCCCN2S(=O)(=O)c2ccccc2Cl)c2cccc(OCC(=O)O)c2)cc1OC. The zero-order valence-electron chi connectivity index (χ0n) is 23.9. The molecule has 10 nitrogen and oxygen atoms in total. The molecule has 0 aliphatic carbocycles. The van der Waals surface area contributed by atoms with Crippen molar-refractivity contribution in [2.24, 2.45) is 0 Å². The van der Waals surface area contributed by atoms with E-state index >= 15 is 0 Å². The van der Waals surface area contributed by atoms with Crippen LogP contribution in [0.4, 0.5) is 0 Å². The standard InChI is InChI=1S/C31H34ClNO9S/c1-39-27-16-14-21(18-28(27)40-2)13-15-26(22-8-7-9-23(19-22)41-20-30(34)35)42-31(36)25-11-5-6-17-33(25)43(37,38)29-12-4-3-10-24(29)32/h3-4,7-10,12,14,16,18-19,25-26H,5-6,11,13,15,17,20H2,1-2H3,(H,34,35)/t25?,26-/m1/s1. The van der Waals surface area contributed by atoms with E-state index in [0.717, 1.165) is 5.56 Å². The number of halogens is 1. The van der Waals surface area contributed by atoms with Crippen LogP contribution in [0.15, 0.2) is 71.6 Å². The Bertz CT molecular complexity index is 1550. The highest BCUT2D eigenvalue weighted by molar-refractivity contribution is 7.89. The number of nitrogens with zero attached hydrogens (tertiary/aromatic N) is 1. The summed E-state index contributed by atoms with van der Waals surface area (Å²) in [7, 11) is -0.988. The highest BCUT2D eigenvalue weighted by atomic mass is 35.5. The molecule has 4 rings (SSSR count). The molecule has 1 N–H and O–H groups in total. The van der Waals surface area contributed by atoms with E-state index in [0.29, 0.717) is 54.9 Å². The average molecular weight is 632 g/mol. The van der Waals surface area contributed by atoms with Crippen molar-refractivity contribution in [1.29, 1.82) is 0 Å². The molecule has 1 heterocycles. The Morgan fingerprint density at radius 2 is 1.77 bits per heavy atom. The number of ether oxygens (including phenoxy) is 4. The molecule has 1 fully saturated rings. The first-order chi connectivity index (χ1) is 20.6. The molecule has 3 aromatic carbocycles. The lowest BCUT2D eigenvalue weighted by Gasteiger charge is -2.34. The minimum Gasteiger partial charge on any atom is -0.493 e. The van der Waals surface area contributed by atoms with Gasteiger partial charge in [0, 0.05) is 6.54 Å². The summed E-state index contributed by atoms with van der Waals surface area (Å²) in [6, 6.07) is 17.3. The fraction of sp³-hybridized carbons (Fsp3) is 0.355. The number of piperidine rings is 1. The van der Waals surface area contributed by atoms with Crippen LogP contribution in [0, 0.1) is 0 Å². The van der Waals surface area contributed by atoms with Gasteiger partial charge in [-0.25, -0.2) is 13.2 Å². The van der Waals surface area contributed by atoms with Gasteiger partial charge in [0.1, 0.15) is 22.8 Å². The molecule has 230 valence electrons. The molecule has 2 atom stereocenters. The number of sulfonamides is 1. The third-order valence-corrected chi connectivity index (χ3v) is 9.55. The third kappa shape index (κ3) is 7.98.